The summed E-state index contributed by atoms with van der Waals surface area (Å²) in [7, 11) is 0. The predicted molar refractivity (Wildman–Crippen MR) is 78.6 cm³/mol. The Kier molecular flexibility index (Phi) is 3.44. The number of aromatic nitrogens is 1. The Morgan fingerprint density at radius 3 is 2.84 bits per heavy atom. The van der Waals surface area contributed by atoms with Gasteiger partial charge in [0.15, 0.2) is 0 Å². The van der Waals surface area contributed by atoms with Crippen LogP contribution in [0.25, 0.3) is 0 Å². The van der Waals surface area contributed by atoms with E-state index in [0.29, 0.717) is 10.8 Å². The van der Waals surface area contributed by atoms with Crippen LogP contribution in [0.1, 0.15) is 16.4 Å². The summed E-state index contributed by atoms with van der Waals surface area (Å²) in [6.07, 6.45) is 3.53. The van der Waals surface area contributed by atoms with Crippen molar-refractivity contribution in [3.63, 3.8) is 0 Å². The summed E-state index contributed by atoms with van der Waals surface area (Å²) in [4.78, 5) is 15.8. The molecule has 1 aliphatic heterocycles. The molecule has 0 spiro atoms. The van der Waals surface area contributed by atoms with Crippen LogP contribution in [-0.4, -0.2) is 16.6 Å². The normalized spacial score (nSPS) is 18.4. The third-order valence-corrected chi connectivity index (χ3v) is 4.48. The van der Waals surface area contributed by atoms with E-state index in [1.165, 1.54) is 0 Å². The molecule has 0 bridgehead atoms. The molecule has 1 aromatic heterocycles. The molecule has 3 rings (SSSR count). The Balaban J connectivity index is 2.11. The maximum absolute atomic E-state index is 11.7. The van der Waals surface area contributed by atoms with Gasteiger partial charge in [-0.3, -0.25) is 9.78 Å². The molecular formula is C14H11ClN2OS. The number of hydrogen-bond acceptors (Lipinski definition) is 3. The summed E-state index contributed by atoms with van der Waals surface area (Å²) < 4.78 is 0. The van der Waals surface area contributed by atoms with Crippen LogP contribution in [0.15, 0.2) is 42.7 Å². The predicted octanol–water partition coefficient (Wildman–Crippen LogP) is 3.51. The SMILES string of the molecule is O=C1CSC(c2ccncc2)c2cc(Cl)ccc2N1. The molecule has 2 heterocycles. The molecule has 1 N–H and O–H groups in total. The smallest absolute Gasteiger partial charge is 0.234 e. The number of carbonyl (C=O) groups is 1. The number of thioether (sulfide) groups is 1. The van der Waals surface area contributed by atoms with Crippen molar-refractivity contribution in [1.29, 1.82) is 0 Å². The molecule has 2 aromatic rings. The van der Waals surface area contributed by atoms with E-state index in [2.05, 4.69) is 10.3 Å². The highest BCUT2D eigenvalue weighted by atomic mass is 35.5. The number of amides is 1. The zero-order valence-electron chi connectivity index (χ0n) is 9.97. The Hall–Kier alpha value is -1.52. The first-order valence-electron chi connectivity index (χ1n) is 5.85. The first kappa shape index (κ1) is 12.5. The topological polar surface area (TPSA) is 42.0 Å². The molecule has 19 heavy (non-hydrogen) atoms. The summed E-state index contributed by atoms with van der Waals surface area (Å²) in [5, 5.41) is 3.68. The molecule has 1 aromatic carbocycles. The minimum atomic E-state index is 0.0186. The van der Waals surface area contributed by atoms with Crippen LogP contribution in [0.3, 0.4) is 0 Å². The minimum absolute atomic E-state index is 0.0186. The zero-order chi connectivity index (χ0) is 13.2. The summed E-state index contributed by atoms with van der Waals surface area (Å²) in [5.74, 6) is 0.448. The van der Waals surface area contributed by atoms with Gasteiger partial charge in [0.2, 0.25) is 5.91 Å². The Morgan fingerprint density at radius 1 is 1.26 bits per heavy atom. The first-order chi connectivity index (χ1) is 9.24. The Bertz CT molecular complexity index is 618. The molecule has 0 radical (unpaired) electrons. The van der Waals surface area contributed by atoms with Crippen LogP contribution in [-0.2, 0) is 4.79 Å². The van der Waals surface area contributed by atoms with Gasteiger partial charge in [0.05, 0.1) is 11.0 Å². The number of hydrogen-bond donors (Lipinski definition) is 1. The van der Waals surface area contributed by atoms with Gasteiger partial charge in [-0.25, -0.2) is 0 Å². The van der Waals surface area contributed by atoms with Gasteiger partial charge < -0.3 is 5.32 Å². The van der Waals surface area contributed by atoms with Crippen LogP contribution in [0.2, 0.25) is 5.02 Å². The van der Waals surface area contributed by atoms with Gasteiger partial charge in [0.1, 0.15) is 0 Å². The maximum Gasteiger partial charge on any atom is 0.234 e. The Morgan fingerprint density at radius 2 is 2.05 bits per heavy atom. The van der Waals surface area contributed by atoms with Gasteiger partial charge in [-0.15, -0.1) is 11.8 Å². The van der Waals surface area contributed by atoms with E-state index in [-0.39, 0.29) is 11.2 Å². The quantitative estimate of drug-likeness (QED) is 0.874. The second kappa shape index (κ2) is 5.23. The third-order valence-electron chi connectivity index (χ3n) is 2.96. The number of nitrogens with one attached hydrogen (secondary N) is 1. The largest absolute Gasteiger partial charge is 0.325 e. The highest BCUT2D eigenvalue weighted by molar-refractivity contribution is 8.00. The van der Waals surface area contributed by atoms with E-state index in [1.807, 2.05) is 24.3 Å². The molecule has 1 atom stereocenters. The van der Waals surface area contributed by atoms with Crippen molar-refractivity contribution in [2.75, 3.05) is 11.1 Å². The van der Waals surface area contributed by atoms with Gasteiger partial charge in [-0.05, 0) is 41.5 Å². The number of anilines is 1. The summed E-state index contributed by atoms with van der Waals surface area (Å²) in [6.45, 7) is 0. The lowest BCUT2D eigenvalue weighted by atomic mass is 10.0. The van der Waals surface area contributed by atoms with Gasteiger partial charge in [-0.1, -0.05) is 11.6 Å². The lowest BCUT2D eigenvalue weighted by Crippen LogP contribution is -2.12. The molecular weight excluding hydrogens is 280 g/mol. The van der Waals surface area contributed by atoms with E-state index in [4.69, 9.17) is 11.6 Å². The molecule has 3 nitrogen and oxygen atoms in total. The second-order valence-electron chi connectivity index (χ2n) is 4.25. The van der Waals surface area contributed by atoms with Gasteiger partial charge in [0, 0.05) is 23.1 Å². The van der Waals surface area contributed by atoms with Crippen LogP contribution in [0, 0.1) is 0 Å². The van der Waals surface area contributed by atoms with E-state index >= 15 is 0 Å². The van der Waals surface area contributed by atoms with Crippen LogP contribution < -0.4 is 5.32 Å². The number of benzene rings is 1. The van der Waals surface area contributed by atoms with Gasteiger partial charge >= 0.3 is 0 Å². The molecule has 1 aliphatic rings. The summed E-state index contributed by atoms with van der Waals surface area (Å²) in [5.41, 5.74) is 3.00. The van der Waals surface area contributed by atoms with Crippen molar-refractivity contribution in [1.82, 2.24) is 4.98 Å². The highest BCUT2D eigenvalue weighted by Gasteiger charge is 2.24. The van der Waals surface area contributed by atoms with Crippen LogP contribution >= 0.6 is 23.4 Å². The van der Waals surface area contributed by atoms with Crippen molar-refractivity contribution >= 4 is 35.0 Å². The summed E-state index contributed by atoms with van der Waals surface area (Å²) in [6, 6.07) is 9.51. The van der Waals surface area contributed by atoms with Crippen LogP contribution in [0.4, 0.5) is 5.69 Å². The lowest BCUT2D eigenvalue weighted by molar-refractivity contribution is -0.113. The van der Waals surface area contributed by atoms with E-state index in [0.717, 1.165) is 16.8 Å². The fourth-order valence-corrected chi connectivity index (χ4v) is 3.41. The van der Waals surface area contributed by atoms with E-state index in [9.17, 15) is 4.79 Å². The first-order valence-corrected chi connectivity index (χ1v) is 7.27. The number of carbonyl (C=O) groups excluding carboxylic acids is 1. The fraction of sp³-hybridized carbons (Fsp3) is 0.143. The molecule has 0 saturated heterocycles. The Labute approximate surface area is 120 Å². The zero-order valence-corrected chi connectivity index (χ0v) is 11.5. The molecule has 5 heteroatoms. The maximum atomic E-state index is 11.7. The molecule has 96 valence electrons. The second-order valence-corrected chi connectivity index (χ2v) is 5.78. The number of rotatable bonds is 1. The van der Waals surface area contributed by atoms with Crippen molar-refractivity contribution in [3.8, 4) is 0 Å². The molecule has 0 fully saturated rings. The molecule has 1 amide bonds. The monoisotopic (exact) mass is 290 g/mol. The van der Waals surface area contributed by atoms with E-state index in [1.54, 1.807) is 30.2 Å². The average Bonchev–Trinajstić information content (AvgIpc) is 2.58. The van der Waals surface area contributed by atoms with Crippen molar-refractivity contribution in [2.24, 2.45) is 0 Å². The number of fused-ring (bicyclic) bond motifs is 1. The average molecular weight is 291 g/mol. The standard InChI is InChI=1S/C14H11ClN2OS/c15-10-1-2-12-11(7-10)14(19-8-13(18)17-12)9-3-5-16-6-4-9/h1-7,14H,8H2,(H,17,18). The molecule has 0 saturated carbocycles. The number of nitrogens with zero attached hydrogens (tertiary/aromatic N) is 1. The van der Waals surface area contributed by atoms with Crippen molar-refractivity contribution < 1.29 is 4.79 Å². The van der Waals surface area contributed by atoms with Crippen molar-refractivity contribution in [2.45, 2.75) is 5.25 Å². The summed E-state index contributed by atoms with van der Waals surface area (Å²) >= 11 is 7.68. The minimum Gasteiger partial charge on any atom is -0.325 e. The van der Waals surface area contributed by atoms with Gasteiger partial charge in [0.25, 0.3) is 0 Å². The van der Waals surface area contributed by atoms with E-state index < -0.39 is 0 Å². The fourth-order valence-electron chi connectivity index (χ4n) is 2.11. The molecule has 0 aliphatic carbocycles. The van der Waals surface area contributed by atoms with Crippen molar-refractivity contribution in [3.05, 3.63) is 58.9 Å². The third kappa shape index (κ3) is 2.60. The number of pyridine rings is 1. The highest BCUT2D eigenvalue weighted by Crippen LogP contribution is 2.42. The molecule has 1 unspecified atom stereocenters. The number of halogens is 1. The van der Waals surface area contributed by atoms with Crippen LogP contribution in [0.5, 0.6) is 0 Å². The lowest BCUT2D eigenvalue weighted by Gasteiger charge is -2.17. The van der Waals surface area contributed by atoms with Gasteiger partial charge in [-0.2, -0.15) is 0 Å².